The summed E-state index contributed by atoms with van der Waals surface area (Å²) in [5.74, 6) is -0.870. The molecule has 9 heteroatoms. The molecule has 0 spiro atoms. The average molecular weight is 506 g/mol. The molecule has 0 fully saturated rings. The number of esters is 1. The Hall–Kier alpha value is -3.03. The zero-order valence-electron chi connectivity index (χ0n) is 19.7. The van der Waals surface area contributed by atoms with E-state index in [2.05, 4.69) is 0 Å². The quantitative estimate of drug-likeness (QED) is 0.366. The highest BCUT2D eigenvalue weighted by Crippen LogP contribution is 2.41. The van der Waals surface area contributed by atoms with Gasteiger partial charge in [-0.05, 0) is 71.0 Å². The molecule has 7 nitrogen and oxygen atoms in total. The molecule has 0 aliphatic carbocycles. The lowest BCUT2D eigenvalue weighted by Gasteiger charge is -2.24. The highest BCUT2D eigenvalue weighted by atomic mass is 35.5. The molecule has 0 bridgehead atoms. The van der Waals surface area contributed by atoms with Gasteiger partial charge in [0.2, 0.25) is 0 Å². The smallest absolute Gasteiger partial charge is 0.422 e. The van der Waals surface area contributed by atoms with E-state index in [0.29, 0.717) is 32.6 Å². The standard InChI is InChI=1S/C25H25Cl2NO6/c1-24(2,3)34-23(31)28-19-13-16(27)7-9-17(19)18(21(28)29)12-14-11-15(26)8-10-20(14)33-25(4,5)22(30)32-6/h7-13H,1-6H3. The summed E-state index contributed by atoms with van der Waals surface area (Å²) < 4.78 is 16.2. The van der Waals surface area contributed by atoms with E-state index in [9.17, 15) is 14.4 Å². The zero-order valence-corrected chi connectivity index (χ0v) is 21.2. The normalized spacial score (nSPS) is 14.8. The SMILES string of the molecule is COC(=O)C(C)(C)Oc1ccc(Cl)cc1C=C1C(=O)N(C(=O)OC(C)(C)C)c2cc(Cl)ccc21. The van der Waals surface area contributed by atoms with E-state index >= 15 is 0 Å². The predicted molar refractivity (Wildman–Crippen MR) is 131 cm³/mol. The van der Waals surface area contributed by atoms with E-state index in [0.717, 1.165) is 4.90 Å². The van der Waals surface area contributed by atoms with Gasteiger partial charge >= 0.3 is 12.1 Å². The minimum absolute atomic E-state index is 0.209. The summed E-state index contributed by atoms with van der Waals surface area (Å²) in [6.07, 6.45) is 0.729. The van der Waals surface area contributed by atoms with E-state index in [1.54, 1.807) is 71.0 Å². The van der Waals surface area contributed by atoms with Gasteiger partial charge in [0.15, 0.2) is 5.60 Å². The fourth-order valence-electron chi connectivity index (χ4n) is 3.33. The first-order valence-electron chi connectivity index (χ1n) is 10.4. The number of carbonyl (C=O) groups excluding carboxylic acids is 3. The number of benzene rings is 2. The Balaban J connectivity index is 2.12. The van der Waals surface area contributed by atoms with Crippen molar-refractivity contribution in [3.8, 4) is 5.75 Å². The summed E-state index contributed by atoms with van der Waals surface area (Å²) in [6.45, 7) is 8.25. The minimum Gasteiger partial charge on any atom is -0.476 e. The second-order valence-corrected chi connectivity index (χ2v) is 10.00. The number of carbonyl (C=O) groups is 3. The monoisotopic (exact) mass is 505 g/mol. The minimum atomic E-state index is -1.30. The number of halogens is 2. The second-order valence-electron chi connectivity index (χ2n) is 9.13. The zero-order chi connectivity index (χ0) is 25.4. The van der Waals surface area contributed by atoms with Gasteiger partial charge in [0.1, 0.15) is 11.4 Å². The van der Waals surface area contributed by atoms with Crippen molar-refractivity contribution in [2.45, 2.75) is 45.8 Å². The Bertz CT molecular complexity index is 1200. The van der Waals surface area contributed by atoms with Crippen molar-refractivity contribution < 1.29 is 28.6 Å². The number of anilines is 1. The maximum absolute atomic E-state index is 13.4. The molecular formula is C25H25Cl2NO6. The van der Waals surface area contributed by atoms with Crippen LogP contribution >= 0.6 is 23.2 Å². The largest absolute Gasteiger partial charge is 0.476 e. The van der Waals surface area contributed by atoms with Crippen LogP contribution in [0, 0.1) is 0 Å². The van der Waals surface area contributed by atoms with Crippen molar-refractivity contribution in [3.63, 3.8) is 0 Å². The number of nitrogens with zero attached hydrogens (tertiary/aromatic N) is 1. The summed E-state index contributed by atoms with van der Waals surface area (Å²) in [6, 6.07) is 9.58. The van der Waals surface area contributed by atoms with Crippen LogP contribution in [0.15, 0.2) is 36.4 Å². The first kappa shape index (κ1) is 25.6. The summed E-state index contributed by atoms with van der Waals surface area (Å²) in [7, 11) is 1.27. The molecule has 1 aliphatic rings. The van der Waals surface area contributed by atoms with E-state index in [4.69, 9.17) is 37.4 Å². The number of fused-ring (bicyclic) bond motifs is 1. The Morgan fingerprint density at radius 1 is 0.971 bits per heavy atom. The van der Waals surface area contributed by atoms with Crippen molar-refractivity contribution >= 4 is 58.5 Å². The maximum atomic E-state index is 13.4. The lowest BCUT2D eigenvalue weighted by molar-refractivity contribution is -0.156. The Kier molecular flexibility index (Phi) is 7.01. The molecule has 0 aromatic heterocycles. The van der Waals surface area contributed by atoms with Crippen LogP contribution in [0.25, 0.3) is 11.6 Å². The second kappa shape index (κ2) is 9.31. The van der Waals surface area contributed by atoms with Crippen molar-refractivity contribution in [1.29, 1.82) is 0 Å². The third kappa shape index (κ3) is 5.37. The van der Waals surface area contributed by atoms with Gasteiger partial charge in [0, 0.05) is 21.2 Å². The number of rotatable bonds is 4. The van der Waals surface area contributed by atoms with Gasteiger partial charge < -0.3 is 14.2 Å². The number of ether oxygens (including phenoxy) is 3. The van der Waals surface area contributed by atoms with Crippen LogP contribution in [0.2, 0.25) is 10.0 Å². The van der Waals surface area contributed by atoms with Gasteiger partial charge in [-0.25, -0.2) is 14.5 Å². The Morgan fingerprint density at radius 2 is 1.59 bits per heavy atom. The maximum Gasteiger partial charge on any atom is 0.422 e. The molecule has 2 amide bonds. The Morgan fingerprint density at radius 3 is 2.21 bits per heavy atom. The summed E-state index contributed by atoms with van der Waals surface area (Å²) in [5.41, 5.74) is -0.685. The molecule has 180 valence electrons. The van der Waals surface area contributed by atoms with E-state index < -0.39 is 29.2 Å². The van der Waals surface area contributed by atoms with Gasteiger partial charge in [0.25, 0.3) is 5.91 Å². The molecule has 0 radical (unpaired) electrons. The molecule has 2 aromatic rings. The van der Waals surface area contributed by atoms with Crippen LogP contribution in [-0.2, 0) is 19.1 Å². The van der Waals surface area contributed by atoms with Gasteiger partial charge in [-0.2, -0.15) is 0 Å². The van der Waals surface area contributed by atoms with Crippen molar-refractivity contribution in [3.05, 3.63) is 57.6 Å². The van der Waals surface area contributed by atoms with E-state index in [1.807, 2.05) is 0 Å². The molecular weight excluding hydrogens is 481 g/mol. The molecule has 0 unspecified atom stereocenters. The van der Waals surface area contributed by atoms with Crippen molar-refractivity contribution in [2.24, 2.45) is 0 Å². The summed E-state index contributed by atoms with van der Waals surface area (Å²) in [5, 5.41) is 0.744. The topological polar surface area (TPSA) is 82.1 Å². The van der Waals surface area contributed by atoms with Crippen LogP contribution in [0.5, 0.6) is 5.75 Å². The first-order valence-corrected chi connectivity index (χ1v) is 11.1. The van der Waals surface area contributed by atoms with Gasteiger partial charge in [0.05, 0.1) is 18.4 Å². The summed E-state index contributed by atoms with van der Waals surface area (Å²) >= 11 is 12.4. The van der Waals surface area contributed by atoms with Crippen LogP contribution in [0.1, 0.15) is 45.7 Å². The van der Waals surface area contributed by atoms with Crippen LogP contribution < -0.4 is 9.64 Å². The van der Waals surface area contributed by atoms with Crippen LogP contribution in [0.4, 0.5) is 10.5 Å². The molecule has 2 aromatic carbocycles. The third-order valence-corrected chi connectivity index (χ3v) is 5.28. The Labute approximate surface area is 208 Å². The molecule has 0 saturated carbocycles. The van der Waals surface area contributed by atoms with E-state index in [-0.39, 0.29) is 5.57 Å². The lowest BCUT2D eigenvalue weighted by atomic mass is 10.0. The fourth-order valence-corrected chi connectivity index (χ4v) is 3.68. The predicted octanol–water partition coefficient (Wildman–Crippen LogP) is 6.15. The molecule has 1 heterocycles. The fraction of sp³-hybridized carbons (Fsp3) is 0.320. The van der Waals surface area contributed by atoms with Crippen LogP contribution in [-0.4, -0.2) is 36.3 Å². The number of hydrogen-bond donors (Lipinski definition) is 0. The molecule has 0 saturated heterocycles. The van der Waals surface area contributed by atoms with Gasteiger partial charge in [-0.15, -0.1) is 0 Å². The summed E-state index contributed by atoms with van der Waals surface area (Å²) in [4.78, 5) is 39.4. The van der Waals surface area contributed by atoms with E-state index in [1.165, 1.54) is 13.2 Å². The molecule has 3 rings (SSSR count). The first-order chi connectivity index (χ1) is 15.7. The van der Waals surface area contributed by atoms with Crippen molar-refractivity contribution in [1.82, 2.24) is 0 Å². The number of amides is 2. The molecule has 1 aliphatic heterocycles. The lowest BCUT2D eigenvalue weighted by Crippen LogP contribution is -2.39. The van der Waals surface area contributed by atoms with Crippen molar-refractivity contribution in [2.75, 3.05) is 12.0 Å². The van der Waals surface area contributed by atoms with Crippen LogP contribution in [0.3, 0.4) is 0 Å². The number of methoxy groups -OCH3 is 1. The van der Waals surface area contributed by atoms with Gasteiger partial charge in [-0.1, -0.05) is 29.3 Å². The number of imide groups is 1. The highest BCUT2D eigenvalue weighted by molar-refractivity contribution is 6.42. The highest BCUT2D eigenvalue weighted by Gasteiger charge is 2.39. The third-order valence-electron chi connectivity index (χ3n) is 4.81. The molecule has 34 heavy (non-hydrogen) atoms. The van der Waals surface area contributed by atoms with Gasteiger partial charge in [-0.3, -0.25) is 4.79 Å². The number of hydrogen-bond acceptors (Lipinski definition) is 6. The molecule has 0 N–H and O–H groups in total. The average Bonchev–Trinajstić information content (AvgIpc) is 2.98. The molecule has 0 atom stereocenters.